The first-order chi connectivity index (χ1) is 11.6. The molecule has 0 spiro atoms. The number of carbonyl (C=O) groups is 1. The quantitative estimate of drug-likeness (QED) is 0.777. The van der Waals surface area contributed by atoms with E-state index >= 15 is 0 Å². The summed E-state index contributed by atoms with van der Waals surface area (Å²) in [6, 6.07) is 9.47. The zero-order valence-corrected chi connectivity index (χ0v) is 13.9. The molecule has 0 aliphatic heterocycles. The third kappa shape index (κ3) is 3.29. The van der Waals surface area contributed by atoms with Gasteiger partial charge in [0.15, 0.2) is 0 Å². The minimum atomic E-state index is -0.221. The lowest BCUT2D eigenvalue weighted by atomic mass is 10.3. The Hall–Kier alpha value is -3.09. The first-order valence-electron chi connectivity index (χ1n) is 7.53. The minimum Gasteiger partial charge on any atom is -0.497 e. The fraction of sp³-hybridized carbons (Fsp3) is 0.235. The third-order valence-corrected chi connectivity index (χ3v) is 3.71. The SMILES string of the molecule is COc1ccc(-n2cnc(C(=O)NCc3cc(C)nn3C)c2)cc1. The van der Waals surface area contributed by atoms with Crippen LogP contribution in [-0.2, 0) is 13.6 Å². The second-order valence-corrected chi connectivity index (χ2v) is 5.45. The van der Waals surface area contributed by atoms with Gasteiger partial charge in [0, 0.05) is 18.9 Å². The van der Waals surface area contributed by atoms with E-state index < -0.39 is 0 Å². The smallest absolute Gasteiger partial charge is 0.271 e. The van der Waals surface area contributed by atoms with Crippen molar-refractivity contribution in [2.45, 2.75) is 13.5 Å². The molecule has 1 aromatic carbocycles. The van der Waals surface area contributed by atoms with Gasteiger partial charge in [0.25, 0.3) is 5.91 Å². The van der Waals surface area contributed by atoms with Crippen LogP contribution in [0.5, 0.6) is 5.75 Å². The summed E-state index contributed by atoms with van der Waals surface area (Å²) < 4.78 is 8.69. The molecule has 0 saturated carbocycles. The van der Waals surface area contributed by atoms with Gasteiger partial charge in [-0.1, -0.05) is 0 Å². The molecule has 0 atom stereocenters. The van der Waals surface area contributed by atoms with Gasteiger partial charge in [-0.25, -0.2) is 4.98 Å². The highest BCUT2D eigenvalue weighted by molar-refractivity contribution is 5.92. The number of hydrogen-bond donors (Lipinski definition) is 1. The molecule has 7 nitrogen and oxygen atoms in total. The highest BCUT2D eigenvalue weighted by Gasteiger charge is 2.11. The van der Waals surface area contributed by atoms with Crippen LogP contribution in [-0.4, -0.2) is 32.3 Å². The average molecular weight is 325 g/mol. The predicted octanol–water partition coefficient (Wildman–Crippen LogP) is 1.85. The number of aryl methyl sites for hydroxylation is 2. The normalized spacial score (nSPS) is 10.6. The molecule has 7 heteroatoms. The van der Waals surface area contributed by atoms with Crippen LogP contribution < -0.4 is 10.1 Å². The number of hydrogen-bond acceptors (Lipinski definition) is 4. The predicted molar refractivity (Wildman–Crippen MR) is 89.2 cm³/mol. The van der Waals surface area contributed by atoms with Gasteiger partial charge < -0.3 is 14.6 Å². The molecule has 0 saturated heterocycles. The molecule has 24 heavy (non-hydrogen) atoms. The molecule has 0 aliphatic carbocycles. The van der Waals surface area contributed by atoms with Crippen molar-refractivity contribution in [1.29, 1.82) is 0 Å². The molecule has 2 aromatic heterocycles. The largest absolute Gasteiger partial charge is 0.497 e. The molecule has 0 unspecified atom stereocenters. The average Bonchev–Trinajstić information content (AvgIpc) is 3.19. The Kier molecular flexibility index (Phi) is 4.33. The number of nitrogens with zero attached hydrogens (tertiary/aromatic N) is 4. The van der Waals surface area contributed by atoms with Crippen molar-refractivity contribution in [3.05, 3.63) is 59.9 Å². The van der Waals surface area contributed by atoms with E-state index in [4.69, 9.17) is 4.74 Å². The standard InChI is InChI=1S/C17H19N5O2/c1-12-8-14(21(2)20-12)9-18-17(23)16-10-22(11-19-16)13-4-6-15(24-3)7-5-13/h4-8,10-11H,9H2,1-3H3,(H,18,23). The monoisotopic (exact) mass is 325 g/mol. The molecular weight excluding hydrogens is 306 g/mol. The van der Waals surface area contributed by atoms with Crippen LogP contribution in [0.1, 0.15) is 21.9 Å². The molecule has 0 bridgehead atoms. The van der Waals surface area contributed by atoms with Crippen LogP contribution in [0.2, 0.25) is 0 Å². The molecule has 1 N–H and O–H groups in total. The number of nitrogens with one attached hydrogen (secondary N) is 1. The Morgan fingerprint density at radius 3 is 2.67 bits per heavy atom. The molecular formula is C17H19N5O2. The summed E-state index contributed by atoms with van der Waals surface area (Å²) in [5.74, 6) is 0.560. The van der Waals surface area contributed by atoms with Crippen LogP contribution in [0.3, 0.4) is 0 Å². The van der Waals surface area contributed by atoms with Gasteiger partial charge in [-0.15, -0.1) is 0 Å². The van der Waals surface area contributed by atoms with Crippen molar-refractivity contribution >= 4 is 5.91 Å². The maximum Gasteiger partial charge on any atom is 0.271 e. The van der Waals surface area contributed by atoms with Gasteiger partial charge in [0.05, 0.1) is 25.0 Å². The summed E-state index contributed by atoms with van der Waals surface area (Å²) in [6.45, 7) is 2.33. The van der Waals surface area contributed by atoms with Crippen molar-refractivity contribution in [2.24, 2.45) is 7.05 Å². The van der Waals surface area contributed by atoms with Gasteiger partial charge in [-0.2, -0.15) is 5.10 Å². The number of aromatic nitrogens is 4. The highest BCUT2D eigenvalue weighted by Crippen LogP contribution is 2.15. The zero-order chi connectivity index (χ0) is 17.1. The van der Waals surface area contributed by atoms with Crippen molar-refractivity contribution in [1.82, 2.24) is 24.6 Å². The van der Waals surface area contributed by atoms with E-state index in [1.165, 1.54) is 0 Å². The second kappa shape index (κ2) is 6.57. The summed E-state index contributed by atoms with van der Waals surface area (Å²) in [6.07, 6.45) is 3.32. The van der Waals surface area contributed by atoms with E-state index in [9.17, 15) is 4.79 Å². The van der Waals surface area contributed by atoms with Crippen LogP contribution in [0.25, 0.3) is 5.69 Å². The summed E-state index contributed by atoms with van der Waals surface area (Å²) in [7, 11) is 3.48. The van der Waals surface area contributed by atoms with Crippen molar-refractivity contribution < 1.29 is 9.53 Å². The second-order valence-electron chi connectivity index (χ2n) is 5.45. The third-order valence-electron chi connectivity index (χ3n) is 3.71. The van der Waals surface area contributed by atoms with Crippen LogP contribution in [0, 0.1) is 6.92 Å². The molecule has 1 amide bonds. The number of carbonyl (C=O) groups excluding carboxylic acids is 1. The Balaban J connectivity index is 1.67. The maximum atomic E-state index is 12.2. The maximum absolute atomic E-state index is 12.2. The highest BCUT2D eigenvalue weighted by atomic mass is 16.5. The number of rotatable bonds is 5. The molecule has 0 fully saturated rings. The molecule has 0 radical (unpaired) electrons. The van der Waals surface area contributed by atoms with Gasteiger partial charge in [0.2, 0.25) is 0 Å². The van der Waals surface area contributed by atoms with Crippen LogP contribution in [0.15, 0.2) is 42.9 Å². The molecule has 0 aliphatic rings. The van der Waals surface area contributed by atoms with Crippen LogP contribution >= 0.6 is 0 Å². The number of ether oxygens (including phenoxy) is 1. The molecule has 124 valence electrons. The lowest BCUT2D eigenvalue weighted by Crippen LogP contribution is -2.24. The van der Waals surface area contributed by atoms with E-state index in [-0.39, 0.29) is 5.91 Å². The summed E-state index contributed by atoms with van der Waals surface area (Å²) >= 11 is 0. The van der Waals surface area contributed by atoms with Crippen molar-refractivity contribution in [3.8, 4) is 11.4 Å². The Labute approximate surface area is 139 Å². The zero-order valence-electron chi connectivity index (χ0n) is 13.9. The lowest BCUT2D eigenvalue weighted by molar-refractivity contribution is 0.0945. The van der Waals surface area contributed by atoms with Crippen molar-refractivity contribution in [2.75, 3.05) is 7.11 Å². The number of benzene rings is 1. The molecule has 3 aromatic rings. The van der Waals surface area contributed by atoms with Crippen molar-refractivity contribution in [3.63, 3.8) is 0 Å². The minimum absolute atomic E-state index is 0.221. The van der Waals surface area contributed by atoms with E-state index in [1.54, 1.807) is 28.9 Å². The lowest BCUT2D eigenvalue weighted by Gasteiger charge is -2.04. The van der Waals surface area contributed by atoms with Crippen LogP contribution in [0.4, 0.5) is 0 Å². The topological polar surface area (TPSA) is 74.0 Å². The van der Waals surface area contributed by atoms with Gasteiger partial charge >= 0.3 is 0 Å². The van der Waals surface area contributed by atoms with E-state index in [0.29, 0.717) is 12.2 Å². The summed E-state index contributed by atoms with van der Waals surface area (Å²) in [4.78, 5) is 16.4. The number of imidazole rings is 1. The van der Waals surface area contributed by atoms with Gasteiger partial charge in [-0.3, -0.25) is 9.48 Å². The first kappa shape index (κ1) is 15.8. The first-order valence-corrected chi connectivity index (χ1v) is 7.53. The Morgan fingerprint density at radius 2 is 2.04 bits per heavy atom. The number of amides is 1. The molecule has 2 heterocycles. The fourth-order valence-electron chi connectivity index (χ4n) is 2.43. The van der Waals surface area contributed by atoms with Gasteiger partial charge in [-0.05, 0) is 37.3 Å². The molecule has 3 rings (SSSR count). The number of methoxy groups -OCH3 is 1. The van der Waals surface area contributed by atoms with E-state index in [2.05, 4.69) is 15.4 Å². The Bertz CT molecular complexity index is 848. The summed E-state index contributed by atoms with van der Waals surface area (Å²) in [5, 5.41) is 7.11. The van der Waals surface area contributed by atoms with Gasteiger partial charge in [0.1, 0.15) is 17.8 Å². The Morgan fingerprint density at radius 1 is 1.29 bits per heavy atom. The van der Waals surface area contributed by atoms with E-state index in [1.807, 2.05) is 44.3 Å². The fourth-order valence-corrected chi connectivity index (χ4v) is 2.43. The summed E-state index contributed by atoms with van der Waals surface area (Å²) in [5.41, 5.74) is 3.13. The van der Waals surface area contributed by atoms with E-state index in [0.717, 1.165) is 22.8 Å².